The minimum absolute atomic E-state index is 0.319. The summed E-state index contributed by atoms with van der Waals surface area (Å²) in [7, 11) is 2.18. The van der Waals surface area contributed by atoms with Crippen LogP contribution >= 0.6 is 0 Å². The number of aromatic nitrogens is 5. The first-order valence-electron chi connectivity index (χ1n) is 13.8. The van der Waals surface area contributed by atoms with Crippen molar-refractivity contribution in [1.29, 1.82) is 0 Å². The van der Waals surface area contributed by atoms with Gasteiger partial charge in [0.25, 0.3) is 0 Å². The molecule has 7 rings (SSSR count). The molecule has 0 bridgehead atoms. The van der Waals surface area contributed by atoms with Gasteiger partial charge in [-0.15, -0.1) is 0 Å². The average molecular weight is 514 g/mol. The Morgan fingerprint density at radius 3 is 2.63 bits per heavy atom. The number of ether oxygens (including phenoxy) is 1. The molecular weight excluding hydrogens is 478 g/mol. The number of hydrogen-bond donors (Lipinski definition) is 2. The number of anilines is 1. The van der Waals surface area contributed by atoms with Crippen molar-refractivity contribution in [2.24, 2.45) is 0 Å². The smallest absolute Gasteiger partial charge is 0.156 e. The predicted octanol–water partition coefficient (Wildman–Crippen LogP) is 3.96. The van der Waals surface area contributed by atoms with E-state index in [1.165, 1.54) is 12.8 Å². The van der Waals surface area contributed by atoms with Gasteiger partial charge in [0, 0.05) is 47.4 Å². The second-order valence-electron chi connectivity index (χ2n) is 11.4. The first-order chi connectivity index (χ1) is 18.5. The van der Waals surface area contributed by atoms with Gasteiger partial charge in [-0.1, -0.05) is 0 Å². The standard InChI is InChI=1S/C29H35N7O2/c1-19-4-3-7-35(19)24-11-20(10-22(12-24)29(37)17-38-18-29)26-15-31-28-27(33-26)25(14-30-28)21-13-32-36(16-21)23-5-8-34(2)9-6-23/h10-16,19,23,37H,3-9,17-18H2,1-2H3,(H,30,31)/t19-/m1/s1. The molecule has 0 radical (unpaired) electrons. The van der Waals surface area contributed by atoms with Gasteiger partial charge in [0.2, 0.25) is 0 Å². The van der Waals surface area contributed by atoms with Crippen LogP contribution in [0.25, 0.3) is 33.5 Å². The van der Waals surface area contributed by atoms with Crippen LogP contribution in [0.15, 0.2) is 43.0 Å². The lowest BCUT2D eigenvalue weighted by Gasteiger charge is -2.38. The van der Waals surface area contributed by atoms with Crippen molar-refractivity contribution in [2.45, 2.75) is 50.3 Å². The van der Waals surface area contributed by atoms with Crippen LogP contribution in [0, 0.1) is 0 Å². The summed E-state index contributed by atoms with van der Waals surface area (Å²) in [6.07, 6.45) is 12.5. The number of aromatic amines is 1. The molecule has 9 nitrogen and oxygen atoms in total. The maximum absolute atomic E-state index is 11.1. The van der Waals surface area contributed by atoms with E-state index in [0.29, 0.717) is 25.3 Å². The molecule has 3 aromatic heterocycles. The number of piperidine rings is 1. The van der Waals surface area contributed by atoms with E-state index in [1.807, 2.05) is 24.7 Å². The number of hydrogen-bond acceptors (Lipinski definition) is 7. The number of nitrogens with zero attached hydrogens (tertiary/aromatic N) is 6. The summed E-state index contributed by atoms with van der Waals surface area (Å²) >= 11 is 0. The van der Waals surface area contributed by atoms with E-state index in [4.69, 9.17) is 19.8 Å². The largest absolute Gasteiger partial charge is 0.380 e. The molecule has 2 N–H and O–H groups in total. The minimum Gasteiger partial charge on any atom is -0.380 e. The summed E-state index contributed by atoms with van der Waals surface area (Å²) < 4.78 is 7.50. The Labute approximate surface area is 222 Å². The lowest BCUT2D eigenvalue weighted by atomic mass is 9.89. The zero-order chi connectivity index (χ0) is 25.9. The van der Waals surface area contributed by atoms with Gasteiger partial charge in [0.15, 0.2) is 5.65 Å². The van der Waals surface area contributed by atoms with Crippen molar-refractivity contribution in [3.8, 4) is 22.4 Å². The van der Waals surface area contributed by atoms with Crippen LogP contribution in [0.4, 0.5) is 5.69 Å². The summed E-state index contributed by atoms with van der Waals surface area (Å²) in [5.74, 6) is 0. The van der Waals surface area contributed by atoms with E-state index >= 15 is 0 Å². The molecule has 3 aliphatic heterocycles. The quantitative estimate of drug-likeness (QED) is 0.417. The molecule has 0 aliphatic carbocycles. The number of rotatable bonds is 5. The van der Waals surface area contributed by atoms with Gasteiger partial charge >= 0.3 is 0 Å². The van der Waals surface area contributed by atoms with Crippen molar-refractivity contribution in [1.82, 2.24) is 29.6 Å². The van der Waals surface area contributed by atoms with Gasteiger partial charge in [-0.2, -0.15) is 5.10 Å². The van der Waals surface area contributed by atoms with E-state index < -0.39 is 5.60 Å². The highest BCUT2D eigenvalue weighted by Crippen LogP contribution is 2.38. The fourth-order valence-corrected chi connectivity index (χ4v) is 6.16. The summed E-state index contributed by atoms with van der Waals surface area (Å²) in [4.78, 5) is 17.9. The van der Waals surface area contributed by atoms with Gasteiger partial charge in [-0.25, -0.2) is 9.97 Å². The molecular formula is C29H35N7O2. The molecule has 0 spiro atoms. The van der Waals surface area contributed by atoms with E-state index in [9.17, 15) is 5.11 Å². The van der Waals surface area contributed by atoms with E-state index in [2.05, 4.69) is 51.8 Å². The number of benzene rings is 1. The Morgan fingerprint density at radius 1 is 1.05 bits per heavy atom. The molecule has 4 aromatic rings. The second-order valence-corrected chi connectivity index (χ2v) is 11.4. The number of nitrogens with one attached hydrogen (secondary N) is 1. The third-order valence-electron chi connectivity index (χ3n) is 8.67. The lowest BCUT2D eigenvalue weighted by molar-refractivity contribution is -0.184. The van der Waals surface area contributed by atoms with Crippen molar-refractivity contribution >= 4 is 16.9 Å². The molecule has 1 atom stereocenters. The average Bonchev–Trinajstić information content (AvgIpc) is 3.66. The highest BCUT2D eigenvalue weighted by Gasteiger charge is 2.39. The van der Waals surface area contributed by atoms with Crippen LogP contribution in [0.2, 0.25) is 0 Å². The summed E-state index contributed by atoms with van der Waals surface area (Å²) in [6, 6.07) is 7.26. The van der Waals surface area contributed by atoms with Crippen LogP contribution in [-0.4, -0.2) is 80.7 Å². The van der Waals surface area contributed by atoms with Gasteiger partial charge in [-0.05, 0) is 76.5 Å². The normalized spacial score (nSPS) is 22.3. The van der Waals surface area contributed by atoms with Crippen molar-refractivity contribution in [2.75, 3.05) is 44.8 Å². The molecule has 3 fully saturated rings. The fourth-order valence-electron chi connectivity index (χ4n) is 6.16. The molecule has 3 aliphatic rings. The number of aliphatic hydroxyl groups is 1. The third-order valence-corrected chi connectivity index (χ3v) is 8.67. The Kier molecular flexibility index (Phi) is 5.76. The summed E-state index contributed by atoms with van der Waals surface area (Å²) in [5.41, 5.74) is 6.44. The van der Waals surface area contributed by atoms with Gasteiger partial charge in [0.1, 0.15) is 11.1 Å². The molecule has 0 amide bonds. The maximum atomic E-state index is 11.1. The zero-order valence-electron chi connectivity index (χ0n) is 22.1. The zero-order valence-corrected chi connectivity index (χ0v) is 22.1. The third kappa shape index (κ3) is 4.09. The Hall–Kier alpha value is -3.27. The van der Waals surface area contributed by atoms with Crippen molar-refractivity contribution in [3.05, 3.63) is 48.5 Å². The fraction of sp³-hybridized carbons (Fsp3) is 0.483. The molecule has 6 heterocycles. The molecule has 38 heavy (non-hydrogen) atoms. The molecule has 3 saturated heterocycles. The van der Waals surface area contributed by atoms with E-state index in [0.717, 1.165) is 77.3 Å². The van der Waals surface area contributed by atoms with E-state index in [1.54, 1.807) is 0 Å². The summed E-state index contributed by atoms with van der Waals surface area (Å²) in [6.45, 7) is 6.12. The first-order valence-corrected chi connectivity index (χ1v) is 13.8. The molecule has 0 unspecified atom stereocenters. The molecule has 1 aromatic carbocycles. The van der Waals surface area contributed by atoms with Crippen LogP contribution in [-0.2, 0) is 10.3 Å². The van der Waals surface area contributed by atoms with Gasteiger partial charge in [-0.3, -0.25) is 4.68 Å². The van der Waals surface area contributed by atoms with Gasteiger partial charge < -0.3 is 24.6 Å². The highest BCUT2D eigenvalue weighted by atomic mass is 16.5. The summed E-state index contributed by atoms with van der Waals surface area (Å²) in [5, 5.41) is 15.9. The monoisotopic (exact) mass is 513 g/mol. The maximum Gasteiger partial charge on any atom is 0.156 e. The van der Waals surface area contributed by atoms with Crippen LogP contribution < -0.4 is 4.90 Å². The lowest BCUT2D eigenvalue weighted by Crippen LogP contribution is -2.46. The van der Waals surface area contributed by atoms with Crippen LogP contribution in [0.5, 0.6) is 0 Å². The Bertz CT molecular complexity index is 1460. The minimum atomic E-state index is -0.951. The Balaban J connectivity index is 1.26. The first kappa shape index (κ1) is 23.8. The molecule has 198 valence electrons. The van der Waals surface area contributed by atoms with Crippen LogP contribution in [0.1, 0.15) is 44.2 Å². The van der Waals surface area contributed by atoms with Crippen molar-refractivity contribution in [3.63, 3.8) is 0 Å². The molecule has 9 heteroatoms. The SMILES string of the molecule is C[C@@H]1CCCN1c1cc(-c2cnc3[nH]cc(-c4cnn(C5CCN(C)CC5)c4)c3n2)cc(C2(O)COC2)c1. The van der Waals surface area contributed by atoms with Crippen molar-refractivity contribution < 1.29 is 9.84 Å². The van der Waals surface area contributed by atoms with E-state index in [-0.39, 0.29) is 0 Å². The predicted molar refractivity (Wildman–Crippen MR) is 147 cm³/mol. The molecule has 0 saturated carbocycles. The van der Waals surface area contributed by atoms with Gasteiger partial charge in [0.05, 0.1) is 37.3 Å². The highest BCUT2D eigenvalue weighted by molar-refractivity contribution is 5.91. The topological polar surface area (TPSA) is 95.3 Å². The second kappa shape index (κ2) is 9.18. The van der Waals surface area contributed by atoms with Crippen LogP contribution in [0.3, 0.4) is 0 Å². The number of fused-ring (bicyclic) bond motifs is 1. The number of H-pyrrole nitrogens is 1. The number of likely N-dealkylation sites (tertiary alicyclic amines) is 1. The Morgan fingerprint density at radius 2 is 1.89 bits per heavy atom.